The molecule has 0 spiro atoms. The molecule has 0 bridgehead atoms. The van der Waals surface area contributed by atoms with E-state index in [9.17, 15) is 8.78 Å². The summed E-state index contributed by atoms with van der Waals surface area (Å²) in [6.45, 7) is -0.925. The minimum absolute atomic E-state index is 0.100. The van der Waals surface area contributed by atoms with Gasteiger partial charge in [-0.2, -0.15) is 8.78 Å². The summed E-state index contributed by atoms with van der Waals surface area (Å²) in [6.07, 6.45) is 0. The van der Waals surface area contributed by atoms with Crippen molar-refractivity contribution >= 4 is 0 Å². The van der Waals surface area contributed by atoms with Crippen LogP contribution in [0.4, 0.5) is 8.78 Å². The molecule has 0 fully saturated rings. The average Bonchev–Trinajstić information content (AvgIpc) is 2.46. The topological polar surface area (TPSA) is 44.5 Å². The molecule has 112 valence electrons. The third kappa shape index (κ3) is 3.70. The van der Waals surface area contributed by atoms with Gasteiger partial charge in [-0.3, -0.25) is 0 Å². The predicted octanol–water partition coefficient (Wildman–Crippen LogP) is 3.65. The van der Waals surface area contributed by atoms with Gasteiger partial charge in [-0.15, -0.1) is 0 Å². The second-order valence-corrected chi connectivity index (χ2v) is 4.66. The molecule has 2 aromatic carbocycles. The second-order valence-electron chi connectivity index (χ2n) is 4.66. The fourth-order valence-corrected chi connectivity index (χ4v) is 2.17. The third-order valence-corrected chi connectivity index (χ3v) is 3.22. The normalized spacial score (nSPS) is 12.3. The Bertz CT molecular complexity index is 617. The molecule has 0 aliphatic carbocycles. The Morgan fingerprint density at radius 3 is 2.38 bits per heavy atom. The molecule has 0 aromatic heterocycles. The van der Waals surface area contributed by atoms with Crippen LogP contribution in [0.3, 0.4) is 0 Å². The maximum atomic E-state index is 12.2. The molecule has 2 aromatic rings. The Kier molecular flexibility index (Phi) is 4.75. The molecule has 0 heterocycles. The Balaban J connectivity index is 2.27. The molecule has 0 aliphatic heterocycles. The van der Waals surface area contributed by atoms with Crippen LogP contribution in [0.5, 0.6) is 11.5 Å². The highest BCUT2D eigenvalue weighted by molar-refractivity contribution is 5.42. The van der Waals surface area contributed by atoms with Crippen molar-refractivity contribution in [2.24, 2.45) is 5.73 Å². The van der Waals surface area contributed by atoms with Crippen molar-refractivity contribution in [3.8, 4) is 11.5 Å². The van der Waals surface area contributed by atoms with E-state index in [0.29, 0.717) is 5.56 Å². The lowest BCUT2D eigenvalue weighted by Gasteiger charge is -2.15. The molecule has 2 rings (SSSR count). The smallest absolute Gasteiger partial charge is 0.387 e. The number of hydrogen-bond acceptors (Lipinski definition) is 3. The van der Waals surface area contributed by atoms with Crippen molar-refractivity contribution in [1.82, 2.24) is 0 Å². The summed E-state index contributed by atoms with van der Waals surface area (Å²) in [7, 11) is 1.60. The molecule has 0 radical (unpaired) electrons. The molecule has 1 unspecified atom stereocenters. The zero-order valence-corrected chi connectivity index (χ0v) is 11.8. The zero-order chi connectivity index (χ0) is 15.4. The molecular formula is C16H17F2NO2. The third-order valence-electron chi connectivity index (χ3n) is 3.22. The van der Waals surface area contributed by atoms with Gasteiger partial charge in [0.2, 0.25) is 0 Å². The lowest BCUT2D eigenvalue weighted by atomic mass is 9.98. The van der Waals surface area contributed by atoms with E-state index in [4.69, 9.17) is 10.5 Å². The largest absolute Gasteiger partial charge is 0.496 e. The monoisotopic (exact) mass is 293 g/mol. The number of alkyl halides is 2. The first-order valence-corrected chi connectivity index (χ1v) is 6.46. The van der Waals surface area contributed by atoms with Gasteiger partial charge in [0.15, 0.2) is 0 Å². The lowest BCUT2D eigenvalue weighted by molar-refractivity contribution is -0.0498. The van der Waals surface area contributed by atoms with Crippen molar-refractivity contribution in [2.75, 3.05) is 7.11 Å². The number of benzene rings is 2. The van der Waals surface area contributed by atoms with Crippen molar-refractivity contribution in [3.63, 3.8) is 0 Å². The van der Waals surface area contributed by atoms with E-state index in [1.807, 2.05) is 25.1 Å². The van der Waals surface area contributed by atoms with Gasteiger partial charge in [-0.05, 0) is 41.8 Å². The van der Waals surface area contributed by atoms with Crippen LogP contribution < -0.4 is 15.2 Å². The predicted molar refractivity (Wildman–Crippen MR) is 76.8 cm³/mol. The molecule has 0 saturated heterocycles. The lowest BCUT2D eigenvalue weighted by Crippen LogP contribution is -2.12. The number of halogens is 2. The average molecular weight is 293 g/mol. The highest BCUT2D eigenvalue weighted by Crippen LogP contribution is 2.27. The van der Waals surface area contributed by atoms with Crippen LogP contribution in [0.1, 0.15) is 22.7 Å². The fraction of sp³-hybridized carbons (Fsp3) is 0.250. The minimum Gasteiger partial charge on any atom is -0.496 e. The van der Waals surface area contributed by atoms with E-state index in [0.717, 1.165) is 16.9 Å². The fourth-order valence-electron chi connectivity index (χ4n) is 2.17. The number of hydrogen-bond donors (Lipinski definition) is 1. The Morgan fingerprint density at radius 1 is 1.05 bits per heavy atom. The van der Waals surface area contributed by atoms with Crippen LogP contribution in [0.2, 0.25) is 0 Å². The summed E-state index contributed by atoms with van der Waals surface area (Å²) < 4.78 is 34.1. The van der Waals surface area contributed by atoms with Gasteiger partial charge in [0.05, 0.1) is 13.2 Å². The maximum absolute atomic E-state index is 12.2. The quantitative estimate of drug-likeness (QED) is 0.915. The maximum Gasteiger partial charge on any atom is 0.387 e. The Labute approximate surface area is 122 Å². The molecule has 3 nitrogen and oxygen atoms in total. The second kappa shape index (κ2) is 6.54. The van der Waals surface area contributed by atoms with Crippen molar-refractivity contribution in [3.05, 3.63) is 59.2 Å². The SMILES string of the molecule is COc1ccc(C(N)c2cccc(OC(F)F)c2)cc1C. The first kappa shape index (κ1) is 15.3. The van der Waals surface area contributed by atoms with Gasteiger partial charge >= 0.3 is 6.61 Å². The molecule has 0 amide bonds. The van der Waals surface area contributed by atoms with Gasteiger partial charge in [0.25, 0.3) is 0 Å². The number of ether oxygens (including phenoxy) is 2. The van der Waals surface area contributed by atoms with Crippen molar-refractivity contribution in [2.45, 2.75) is 19.6 Å². The van der Waals surface area contributed by atoms with Crippen LogP contribution in [-0.4, -0.2) is 13.7 Å². The molecule has 1 atom stereocenters. The van der Waals surface area contributed by atoms with Crippen LogP contribution in [-0.2, 0) is 0 Å². The minimum atomic E-state index is -2.85. The molecular weight excluding hydrogens is 276 g/mol. The van der Waals surface area contributed by atoms with E-state index in [2.05, 4.69) is 4.74 Å². The summed E-state index contributed by atoms with van der Waals surface area (Å²) >= 11 is 0. The van der Waals surface area contributed by atoms with E-state index in [1.54, 1.807) is 19.2 Å². The van der Waals surface area contributed by atoms with Gasteiger partial charge in [-0.25, -0.2) is 0 Å². The van der Waals surface area contributed by atoms with E-state index >= 15 is 0 Å². The van der Waals surface area contributed by atoms with Gasteiger partial charge in [-0.1, -0.05) is 24.3 Å². The number of rotatable bonds is 5. The summed E-state index contributed by atoms with van der Waals surface area (Å²) in [5.41, 5.74) is 8.74. The first-order chi connectivity index (χ1) is 10.0. The van der Waals surface area contributed by atoms with Gasteiger partial charge in [0, 0.05) is 0 Å². The van der Waals surface area contributed by atoms with Gasteiger partial charge in [0.1, 0.15) is 11.5 Å². The number of nitrogens with two attached hydrogens (primary N) is 1. The number of methoxy groups -OCH3 is 1. The zero-order valence-electron chi connectivity index (χ0n) is 11.8. The van der Waals surface area contributed by atoms with Crippen LogP contribution in [0.15, 0.2) is 42.5 Å². The molecule has 2 N–H and O–H groups in total. The summed E-state index contributed by atoms with van der Waals surface area (Å²) in [6, 6.07) is 11.6. The summed E-state index contributed by atoms with van der Waals surface area (Å²) in [5.74, 6) is 0.879. The molecule has 0 saturated carbocycles. The van der Waals surface area contributed by atoms with Crippen LogP contribution >= 0.6 is 0 Å². The molecule has 5 heteroatoms. The molecule has 0 aliphatic rings. The first-order valence-electron chi connectivity index (χ1n) is 6.46. The Hall–Kier alpha value is -2.14. The van der Waals surface area contributed by atoms with Crippen LogP contribution in [0.25, 0.3) is 0 Å². The standard InChI is InChI=1S/C16H17F2NO2/c1-10-8-12(6-7-14(10)20-2)15(19)11-4-3-5-13(9-11)21-16(17)18/h3-9,15-16H,19H2,1-2H3. The van der Waals surface area contributed by atoms with Crippen LogP contribution in [0, 0.1) is 6.92 Å². The highest BCUT2D eigenvalue weighted by atomic mass is 19.3. The summed E-state index contributed by atoms with van der Waals surface area (Å²) in [5, 5.41) is 0. The number of aryl methyl sites for hydroxylation is 1. The van der Waals surface area contributed by atoms with E-state index in [1.165, 1.54) is 12.1 Å². The van der Waals surface area contributed by atoms with Gasteiger partial charge < -0.3 is 15.2 Å². The van der Waals surface area contributed by atoms with E-state index < -0.39 is 12.7 Å². The molecule has 21 heavy (non-hydrogen) atoms. The van der Waals surface area contributed by atoms with E-state index in [-0.39, 0.29) is 5.75 Å². The summed E-state index contributed by atoms with van der Waals surface area (Å²) in [4.78, 5) is 0. The highest BCUT2D eigenvalue weighted by Gasteiger charge is 2.12. The van der Waals surface area contributed by atoms with Crippen molar-refractivity contribution < 1.29 is 18.3 Å². The Morgan fingerprint density at radius 2 is 1.76 bits per heavy atom. The van der Waals surface area contributed by atoms with Crippen molar-refractivity contribution in [1.29, 1.82) is 0 Å².